The lowest BCUT2D eigenvalue weighted by atomic mass is 10.3. The van der Waals surface area contributed by atoms with Crippen molar-refractivity contribution in [1.82, 2.24) is 4.90 Å². The van der Waals surface area contributed by atoms with Gasteiger partial charge in [0.25, 0.3) is 0 Å². The standard InChI is InChI=1S/C9H11F6NO3/c1-5(2)16(6(17)8(10,11)12)3-4-19-7(18)9(13,14)15/h5H,3-4H2,1-2H3. The van der Waals surface area contributed by atoms with Crippen LogP contribution in [0.5, 0.6) is 0 Å². The summed E-state index contributed by atoms with van der Waals surface area (Å²) in [6, 6.07) is -0.904. The van der Waals surface area contributed by atoms with Crippen LogP contribution in [0.4, 0.5) is 26.3 Å². The Hall–Kier alpha value is -1.48. The molecule has 1 amide bonds. The molecule has 0 aliphatic carbocycles. The molecule has 0 spiro atoms. The topological polar surface area (TPSA) is 46.6 Å². The highest BCUT2D eigenvalue weighted by atomic mass is 19.4. The van der Waals surface area contributed by atoms with Crippen LogP contribution in [0.25, 0.3) is 0 Å². The third kappa shape index (κ3) is 5.79. The number of esters is 1. The molecule has 0 heterocycles. The fraction of sp³-hybridized carbons (Fsp3) is 0.778. The van der Waals surface area contributed by atoms with Gasteiger partial charge in [0.2, 0.25) is 0 Å². The molecular formula is C9H11F6NO3. The van der Waals surface area contributed by atoms with Gasteiger partial charge in [0.15, 0.2) is 0 Å². The summed E-state index contributed by atoms with van der Waals surface area (Å²) >= 11 is 0. The number of ether oxygens (including phenoxy) is 1. The highest BCUT2D eigenvalue weighted by Crippen LogP contribution is 2.20. The van der Waals surface area contributed by atoms with Gasteiger partial charge in [-0.25, -0.2) is 4.79 Å². The molecule has 0 aromatic heterocycles. The van der Waals surface area contributed by atoms with E-state index in [1.807, 2.05) is 0 Å². The number of hydrogen-bond donors (Lipinski definition) is 0. The lowest BCUT2D eigenvalue weighted by Crippen LogP contribution is -2.46. The third-order valence-corrected chi connectivity index (χ3v) is 1.92. The van der Waals surface area contributed by atoms with Gasteiger partial charge in [-0.3, -0.25) is 4.79 Å². The molecule has 19 heavy (non-hydrogen) atoms. The largest absolute Gasteiger partial charge is 0.490 e. The Kier molecular flexibility index (Phi) is 5.63. The normalized spacial score (nSPS) is 12.5. The fourth-order valence-electron chi connectivity index (χ4n) is 1.08. The van der Waals surface area contributed by atoms with Crippen LogP contribution in [-0.4, -0.2) is 48.3 Å². The van der Waals surface area contributed by atoms with Gasteiger partial charge in [0.1, 0.15) is 6.61 Å². The first-order valence-electron chi connectivity index (χ1n) is 4.99. The third-order valence-electron chi connectivity index (χ3n) is 1.92. The van der Waals surface area contributed by atoms with Crippen LogP contribution in [-0.2, 0) is 14.3 Å². The Morgan fingerprint density at radius 2 is 1.53 bits per heavy atom. The monoisotopic (exact) mass is 295 g/mol. The summed E-state index contributed by atoms with van der Waals surface area (Å²) in [6.45, 7) is 0.737. The molecule has 0 aliphatic heterocycles. The van der Waals surface area contributed by atoms with Crippen molar-refractivity contribution < 1.29 is 40.7 Å². The molecule has 0 saturated heterocycles. The minimum absolute atomic E-state index is 0.268. The summed E-state index contributed by atoms with van der Waals surface area (Å²) in [5.41, 5.74) is 0. The quantitative estimate of drug-likeness (QED) is 0.588. The lowest BCUT2D eigenvalue weighted by Gasteiger charge is -2.27. The van der Waals surface area contributed by atoms with Crippen LogP contribution in [0.2, 0.25) is 0 Å². The summed E-state index contributed by atoms with van der Waals surface area (Å²) in [7, 11) is 0. The van der Waals surface area contributed by atoms with Crippen LogP contribution < -0.4 is 0 Å². The minimum Gasteiger partial charge on any atom is -0.457 e. The average Bonchev–Trinajstić information content (AvgIpc) is 2.19. The predicted octanol–water partition coefficient (Wildman–Crippen LogP) is 1.89. The van der Waals surface area contributed by atoms with Crippen LogP contribution >= 0.6 is 0 Å². The van der Waals surface area contributed by atoms with E-state index in [1.165, 1.54) is 13.8 Å². The first-order valence-corrected chi connectivity index (χ1v) is 4.99. The van der Waals surface area contributed by atoms with Gasteiger partial charge < -0.3 is 9.64 Å². The van der Waals surface area contributed by atoms with Crippen LogP contribution in [0.15, 0.2) is 0 Å². The van der Waals surface area contributed by atoms with Crippen LogP contribution in [0, 0.1) is 0 Å². The van der Waals surface area contributed by atoms with Crippen molar-refractivity contribution in [2.45, 2.75) is 32.2 Å². The minimum atomic E-state index is -5.23. The second kappa shape index (κ2) is 6.11. The number of carbonyl (C=O) groups is 2. The summed E-state index contributed by atoms with van der Waals surface area (Å²) in [5, 5.41) is 0. The maximum Gasteiger partial charge on any atom is 0.490 e. The fourth-order valence-corrected chi connectivity index (χ4v) is 1.08. The number of carbonyl (C=O) groups excluding carboxylic acids is 2. The summed E-state index contributed by atoms with van der Waals surface area (Å²) < 4.78 is 75.4. The molecule has 0 fully saturated rings. The van der Waals surface area contributed by atoms with E-state index in [4.69, 9.17) is 0 Å². The number of hydrogen-bond acceptors (Lipinski definition) is 3. The van der Waals surface area contributed by atoms with Gasteiger partial charge in [-0.05, 0) is 13.8 Å². The maximum absolute atomic E-state index is 12.2. The highest BCUT2D eigenvalue weighted by Gasteiger charge is 2.44. The number of nitrogens with zero attached hydrogens (tertiary/aromatic N) is 1. The molecule has 0 aliphatic rings. The van der Waals surface area contributed by atoms with Gasteiger partial charge in [-0.15, -0.1) is 0 Å². The van der Waals surface area contributed by atoms with Gasteiger partial charge >= 0.3 is 24.2 Å². The van der Waals surface area contributed by atoms with E-state index in [1.54, 1.807) is 0 Å². The van der Waals surface area contributed by atoms with Crippen molar-refractivity contribution in [3.63, 3.8) is 0 Å². The molecule has 0 N–H and O–H groups in total. The summed E-state index contributed by atoms with van der Waals surface area (Å²) in [4.78, 5) is 21.5. The molecule has 0 bridgehead atoms. The molecular weight excluding hydrogens is 284 g/mol. The van der Waals surface area contributed by atoms with Crippen molar-refractivity contribution in [1.29, 1.82) is 0 Å². The van der Waals surface area contributed by atoms with E-state index >= 15 is 0 Å². The van der Waals surface area contributed by atoms with E-state index in [0.717, 1.165) is 0 Å². The molecule has 0 rings (SSSR count). The second-order valence-electron chi connectivity index (χ2n) is 3.72. The van der Waals surface area contributed by atoms with E-state index in [0.29, 0.717) is 0 Å². The van der Waals surface area contributed by atoms with Crippen molar-refractivity contribution in [2.24, 2.45) is 0 Å². The molecule has 0 atom stereocenters. The Labute approximate surface area is 104 Å². The number of amides is 1. The molecule has 112 valence electrons. The summed E-state index contributed by atoms with van der Waals surface area (Å²) in [6.07, 6.45) is -10.4. The van der Waals surface area contributed by atoms with Gasteiger partial charge in [0.05, 0.1) is 6.54 Å². The Bertz CT molecular complexity index is 336. The zero-order chi connectivity index (χ0) is 15.4. The van der Waals surface area contributed by atoms with E-state index < -0.39 is 43.4 Å². The van der Waals surface area contributed by atoms with E-state index in [-0.39, 0.29) is 4.90 Å². The van der Waals surface area contributed by atoms with Crippen molar-refractivity contribution in [3.05, 3.63) is 0 Å². The Balaban J connectivity index is 4.49. The van der Waals surface area contributed by atoms with Crippen molar-refractivity contribution in [3.8, 4) is 0 Å². The second-order valence-corrected chi connectivity index (χ2v) is 3.72. The van der Waals surface area contributed by atoms with Gasteiger partial charge in [0, 0.05) is 6.04 Å². The highest BCUT2D eigenvalue weighted by molar-refractivity contribution is 5.82. The zero-order valence-corrected chi connectivity index (χ0v) is 9.93. The molecule has 0 radical (unpaired) electrons. The molecule has 10 heteroatoms. The van der Waals surface area contributed by atoms with Gasteiger partial charge in [-0.1, -0.05) is 0 Å². The van der Waals surface area contributed by atoms with Gasteiger partial charge in [-0.2, -0.15) is 26.3 Å². The SMILES string of the molecule is CC(C)N(CCOC(=O)C(F)(F)F)C(=O)C(F)(F)F. The smallest absolute Gasteiger partial charge is 0.457 e. The van der Waals surface area contributed by atoms with E-state index in [9.17, 15) is 35.9 Å². The number of rotatable bonds is 4. The first-order chi connectivity index (χ1) is 8.37. The average molecular weight is 295 g/mol. The lowest BCUT2D eigenvalue weighted by molar-refractivity contribution is -0.201. The maximum atomic E-state index is 12.2. The number of halogens is 6. The zero-order valence-electron chi connectivity index (χ0n) is 9.93. The van der Waals surface area contributed by atoms with Crippen molar-refractivity contribution >= 4 is 11.9 Å². The van der Waals surface area contributed by atoms with Crippen LogP contribution in [0.3, 0.4) is 0 Å². The Morgan fingerprint density at radius 1 is 1.05 bits per heavy atom. The molecule has 0 saturated carbocycles. The molecule has 4 nitrogen and oxygen atoms in total. The van der Waals surface area contributed by atoms with Crippen LogP contribution in [0.1, 0.15) is 13.8 Å². The molecule has 0 aromatic rings. The van der Waals surface area contributed by atoms with E-state index in [2.05, 4.69) is 4.74 Å². The number of alkyl halides is 6. The summed E-state index contributed by atoms with van der Waals surface area (Å²) in [5.74, 6) is -4.72. The first kappa shape index (κ1) is 17.5. The molecule has 0 unspecified atom stereocenters. The molecule has 0 aromatic carbocycles. The Morgan fingerprint density at radius 3 is 1.84 bits per heavy atom. The van der Waals surface area contributed by atoms with Crippen molar-refractivity contribution in [2.75, 3.05) is 13.2 Å². The predicted molar refractivity (Wildman–Crippen MR) is 49.9 cm³/mol.